The maximum Gasteiger partial charge on any atom is 0.279 e. The van der Waals surface area contributed by atoms with Crippen LogP contribution >= 0.6 is 0 Å². The van der Waals surface area contributed by atoms with Crippen molar-refractivity contribution >= 4 is 21.6 Å². The summed E-state index contributed by atoms with van der Waals surface area (Å²) in [5, 5.41) is 2.82. The van der Waals surface area contributed by atoms with Crippen molar-refractivity contribution in [3.63, 3.8) is 0 Å². The van der Waals surface area contributed by atoms with Gasteiger partial charge in [-0.2, -0.15) is 4.31 Å². The van der Waals surface area contributed by atoms with Crippen LogP contribution in [0.25, 0.3) is 0 Å². The lowest BCUT2D eigenvalue weighted by molar-refractivity contribution is -0.885. The number of hydrogen-bond acceptors (Lipinski definition) is 4. The Bertz CT molecular complexity index is 956. The zero-order chi connectivity index (χ0) is 20.9. The second-order valence-electron chi connectivity index (χ2n) is 7.31. The minimum absolute atomic E-state index is 0.173. The number of carbonyl (C=O) groups is 1. The molecule has 156 valence electrons. The maximum atomic E-state index is 12.7. The second kappa shape index (κ2) is 9.39. The molecule has 2 N–H and O–H groups in total. The molecule has 0 spiro atoms. The van der Waals surface area contributed by atoms with Gasteiger partial charge >= 0.3 is 0 Å². The average molecular weight is 419 g/mol. The lowest BCUT2D eigenvalue weighted by Crippen LogP contribution is -3.08. The van der Waals surface area contributed by atoms with Gasteiger partial charge in [-0.25, -0.2) is 8.42 Å². The van der Waals surface area contributed by atoms with Crippen molar-refractivity contribution in [2.24, 2.45) is 0 Å². The molecule has 0 bridgehead atoms. The van der Waals surface area contributed by atoms with E-state index < -0.39 is 10.0 Å². The zero-order valence-electron chi connectivity index (χ0n) is 16.8. The van der Waals surface area contributed by atoms with E-state index in [-0.39, 0.29) is 17.3 Å². The number of methoxy groups -OCH3 is 1. The molecule has 29 heavy (non-hydrogen) atoms. The fourth-order valence-corrected chi connectivity index (χ4v) is 5.09. The Labute approximate surface area is 172 Å². The molecular formula is C21H28N3O4S+. The molecule has 1 saturated heterocycles. The van der Waals surface area contributed by atoms with E-state index in [1.807, 2.05) is 31.3 Å². The van der Waals surface area contributed by atoms with Crippen molar-refractivity contribution in [2.45, 2.75) is 24.3 Å². The van der Waals surface area contributed by atoms with Crippen molar-refractivity contribution < 1.29 is 22.8 Å². The molecule has 7 nitrogen and oxygen atoms in total. The molecule has 0 aliphatic carbocycles. The van der Waals surface area contributed by atoms with Crippen molar-refractivity contribution in [1.82, 2.24) is 4.31 Å². The summed E-state index contributed by atoms with van der Waals surface area (Å²) in [6, 6.07) is 14.2. The highest BCUT2D eigenvalue weighted by molar-refractivity contribution is 7.89. The monoisotopic (exact) mass is 418 g/mol. The molecule has 1 heterocycles. The number of nitrogens with zero attached hydrogens (tertiary/aromatic N) is 1. The predicted octanol–water partition coefficient (Wildman–Crippen LogP) is 1.13. The van der Waals surface area contributed by atoms with Crippen molar-refractivity contribution in [3.8, 4) is 5.75 Å². The molecule has 3 rings (SSSR count). The lowest BCUT2D eigenvalue weighted by Gasteiger charge is -2.17. The Morgan fingerprint density at radius 2 is 1.86 bits per heavy atom. The van der Waals surface area contributed by atoms with Crippen LogP contribution in [0.1, 0.15) is 18.4 Å². The molecular weight excluding hydrogens is 390 g/mol. The zero-order valence-corrected chi connectivity index (χ0v) is 17.7. The van der Waals surface area contributed by atoms with Gasteiger partial charge in [0.25, 0.3) is 5.91 Å². The van der Waals surface area contributed by atoms with Crippen LogP contribution in [0.4, 0.5) is 5.69 Å². The van der Waals surface area contributed by atoms with Crippen LogP contribution in [0.15, 0.2) is 53.4 Å². The summed E-state index contributed by atoms with van der Waals surface area (Å²) in [6.45, 7) is 1.99. The molecule has 2 aromatic rings. The van der Waals surface area contributed by atoms with E-state index in [9.17, 15) is 13.2 Å². The topological polar surface area (TPSA) is 80.1 Å². The minimum atomic E-state index is -3.51. The maximum absolute atomic E-state index is 12.7. The number of likely N-dealkylation sites (N-methyl/N-ethyl adjacent to an activating group) is 1. The van der Waals surface area contributed by atoms with Crippen LogP contribution in [0.2, 0.25) is 0 Å². The third kappa shape index (κ3) is 5.35. The summed E-state index contributed by atoms with van der Waals surface area (Å²) in [4.78, 5) is 13.7. The number of para-hydroxylation sites is 1. The van der Waals surface area contributed by atoms with Gasteiger partial charge in [-0.15, -0.1) is 0 Å². The van der Waals surface area contributed by atoms with Crippen molar-refractivity contribution in [3.05, 3.63) is 54.1 Å². The number of rotatable bonds is 8. The smallest absolute Gasteiger partial charge is 0.279 e. The van der Waals surface area contributed by atoms with Gasteiger partial charge in [0.1, 0.15) is 12.3 Å². The largest absolute Gasteiger partial charge is 0.496 e. The number of carbonyl (C=O) groups excluding carboxylic acids is 1. The molecule has 1 aliphatic rings. The number of benzene rings is 2. The van der Waals surface area contributed by atoms with E-state index in [1.165, 1.54) is 10.4 Å². The second-order valence-corrected chi connectivity index (χ2v) is 9.25. The van der Waals surface area contributed by atoms with Gasteiger partial charge in [-0.05, 0) is 43.2 Å². The van der Waals surface area contributed by atoms with E-state index in [0.29, 0.717) is 25.3 Å². The molecule has 1 atom stereocenters. The third-order valence-electron chi connectivity index (χ3n) is 4.97. The first-order valence-electron chi connectivity index (χ1n) is 9.73. The van der Waals surface area contributed by atoms with Gasteiger partial charge in [0, 0.05) is 24.3 Å². The Balaban J connectivity index is 1.62. The normalized spacial score (nSPS) is 15.8. The first-order chi connectivity index (χ1) is 13.9. The first-order valence-corrected chi connectivity index (χ1v) is 11.2. The summed E-state index contributed by atoms with van der Waals surface area (Å²) in [6.07, 6.45) is 1.77. The van der Waals surface area contributed by atoms with Crippen LogP contribution in [0.5, 0.6) is 5.75 Å². The highest BCUT2D eigenvalue weighted by Crippen LogP contribution is 2.23. The summed E-state index contributed by atoms with van der Waals surface area (Å²) < 4.78 is 32.3. The standard InChI is InChI=1S/C21H27N3O4S/c1-23(15-17-8-3-4-11-20(17)28-2)16-21(25)22-18-9-7-10-19(14-18)29(26,27)24-12-5-6-13-24/h3-4,7-11,14H,5-6,12-13,15-16H2,1-2H3,(H,22,25)/p+1. The third-order valence-corrected chi connectivity index (χ3v) is 6.86. The minimum Gasteiger partial charge on any atom is -0.496 e. The van der Waals surface area contributed by atoms with Crippen molar-refractivity contribution in [1.29, 1.82) is 0 Å². The Morgan fingerprint density at radius 1 is 1.14 bits per heavy atom. The lowest BCUT2D eigenvalue weighted by atomic mass is 10.2. The molecule has 2 aromatic carbocycles. The summed E-state index contributed by atoms with van der Waals surface area (Å²) in [7, 11) is 0.0543. The van der Waals surface area contributed by atoms with Crippen LogP contribution < -0.4 is 15.0 Å². The SMILES string of the molecule is COc1ccccc1C[NH+](C)CC(=O)Nc1cccc(S(=O)(=O)N2CCCC2)c1. The number of quaternary nitrogens is 1. The van der Waals surface area contributed by atoms with E-state index in [2.05, 4.69) is 5.32 Å². The average Bonchev–Trinajstić information content (AvgIpc) is 3.24. The molecule has 1 aliphatic heterocycles. The number of ether oxygens (including phenoxy) is 1. The first kappa shape index (κ1) is 21.3. The van der Waals surface area contributed by atoms with Gasteiger partial charge in [0.2, 0.25) is 10.0 Å². The van der Waals surface area contributed by atoms with Crippen molar-refractivity contribution in [2.75, 3.05) is 39.1 Å². The van der Waals surface area contributed by atoms with E-state index >= 15 is 0 Å². The molecule has 8 heteroatoms. The number of hydrogen-bond donors (Lipinski definition) is 2. The molecule has 1 unspecified atom stereocenters. The fraction of sp³-hybridized carbons (Fsp3) is 0.381. The van der Waals surface area contributed by atoms with E-state index in [4.69, 9.17) is 4.74 Å². The molecule has 1 amide bonds. The molecule has 0 aromatic heterocycles. The number of anilines is 1. The van der Waals surface area contributed by atoms with Gasteiger partial charge in [0.05, 0.1) is 19.1 Å². The van der Waals surface area contributed by atoms with E-state index in [1.54, 1.807) is 25.3 Å². The highest BCUT2D eigenvalue weighted by atomic mass is 32.2. The molecule has 1 fully saturated rings. The number of amides is 1. The van der Waals surface area contributed by atoms with Crippen LogP contribution in [0.3, 0.4) is 0 Å². The van der Waals surface area contributed by atoms with Crippen LogP contribution in [-0.2, 0) is 21.4 Å². The van der Waals surface area contributed by atoms with Gasteiger partial charge in [-0.1, -0.05) is 18.2 Å². The summed E-state index contributed by atoms with van der Waals surface area (Å²) >= 11 is 0. The Kier molecular flexibility index (Phi) is 6.89. The quantitative estimate of drug-likeness (QED) is 0.674. The highest BCUT2D eigenvalue weighted by Gasteiger charge is 2.27. The van der Waals surface area contributed by atoms with Gasteiger partial charge in [-0.3, -0.25) is 4.79 Å². The Hall–Kier alpha value is -2.42. The Morgan fingerprint density at radius 3 is 2.59 bits per heavy atom. The molecule has 0 saturated carbocycles. The summed E-state index contributed by atoms with van der Waals surface area (Å²) in [5.41, 5.74) is 1.51. The van der Waals surface area contributed by atoms with Gasteiger partial charge in [0.15, 0.2) is 6.54 Å². The predicted molar refractivity (Wildman–Crippen MR) is 112 cm³/mol. The fourth-order valence-electron chi connectivity index (χ4n) is 3.53. The van der Waals surface area contributed by atoms with Crippen LogP contribution in [-0.4, -0.2) is 52.4 Å². The number of nitrogens with one attached hydrogen (secondary N) is 2. The van der Waals surface area contributed by atoms with Crippen LogP contribution in [0, 0.1) is 0 Å². The van der Waals surface area contributed by atoms with E-state index in [0.717, 1.165) is 29.1 Å². The van der Waals surface area contributed by atoms with Gasteiger partial charge < -0.3 is 15.0 Å². The molecule has 0 radical (unpaired) electrons. The number of sulfonamides is 1. The summed E-state index contributed by atoms with van der Waals surface area (Å²) in [5.74, 6) is 0.625.